The Morgan fingerprint density at radius 3 is 2.48 bits per heavy atom. The van der Waals surface area contributed by atoms with Gasteiger partial charge in [0.1, 0.15) is 0 Å². The highest BCUT2D eigenvalue weighted by Gasteiger charge is 2.35. The van der Waals surface area contributed by atoms with Crippen molar-refractivity contribution >= 4 is 44.8 Å². The summed E-state index contributed by atoms with van der Waals surface area (Å²) >= 11 is 0. The molecule has 2 aromatic heterocycles. The topological polar surface area (TPSA) is 90.4 Å². The summed E-state index contributed by atoms with van der Waals surface area (Å²) in [6, 6.07) is 13.7. The van der Waals surface area contributed by atoms with Crippen LogP contribution in [0.1, 0.15) is 16.7 Å². The molecule has 7 nitrogen and oxygen atoms in total. The molecule has 0 fully saturated rings. The lowest BCUT2D eigenvalue weighted by Gasteiger charge is -2.17. The van der Waals surface area contributed by atoms with Gasteiger partial charge >= 0.3 is 0 Å². The molecule has 33 heavy (non-hydrogen) atoms. The Labute approximate surface area is 191 Å². The second-order valence-electron chi connectivity index (χ2n) is 8.91. The predicted octanol–water partition coefficient (Wildman–Crippen LogP) is 2.92. The molecule has 3 N–H and O–H groups in total. The number of aryl methyl sites for hydroxylation is 1. The van der Waals surface area contributed by atoms with Crippen LogP contribution in [0, 0.1) is 6.92 Å². The van der Waals surface area contributed by atoms with E-state index in [1.54, 1.807) is 6.20 Å². The van der Waals surface area contributed by atoms with Crippen LogP contribution >= 0.6 is 0 Å². The van der Waals surface area contributed by atoms with Gasteiger partial charge in [-0.15, -0.1) is 0 Å². The number of aliphatic hydroxyl groups excluding tert-OH is 1. The Bertz CT molecular complexity index is 1440. The van der Waals surface area contributed by atoms with E-state index in [0.717, 1.165) is 27.4 Å². The number of aliphatic hydroxyl groups is 1. The number of aromatic nitrogens is 2. The average Bonchev–Trinajstić information content (AvgIpc) is 3.40. The van der Waals surface area contributed by atoms with E-state index < -0.39 is 17.9 Å². The lowest BCUT2D eigenvalue weighted by Crippen LogP contribution is -2.29. The third-order valence-corrected chi connectivity index (χ3v) is 6.08. The number of nitrogens with one attached hydrogen (secondary N) is 2. The second kappa shape index (κ2) is 8.03. The van der Waals surface area contributed by atoms with Gasteiger partial charge in [-0.2, -0.15) is 0 Å². The molecule has 5 rings (SSSR count). The van der Waals surface area contributed by atoms with Crippen molar-refractivity contribution in [3.05, 3.63) is 71.5 Å². The van der Waals surface area contributed by atoms with Crippen molar-refractivity contribution in [3.63, 3.8) is 0 Å². The molecule has 0 radical (unpaired) electrons. The maximum Gasteiger partial charge on any atom is 0.259 e. The summed E-state index contributed by atoms with van der Waals surface area (Å²) in [5.41, 5.74) is 5.01. The Morgan fingerprint density at radius 2 is 1.73 bits per heavy atom. The quantitative estimate of drug-likeness (QED) is 0.401. The van der Waals surface area contributed by atoms with E-state index in [2.05, 4.69) is 10.3 Å². The minimum absolute atomic E-state index is 0.361. The summed E-state index contributed by atoms with van der Waals surface area (Å²) in [5, 5.41) is 14.8. The number of imide groups is 1. The number of carbonyl (C=O) groups is 2. The lowest BCUT2D eigenvalue weighted by atomic mass is 9.95. The third kappa shape index (κ3) is 3.65. The normalized spacial score (nSPS) is 15.3. The van der Waals surface area contributed by atoms with Gasteiger partial charge < -0.3 is 19.6 Å². The molecule has 168 valence electrons. The van der Waals surface area contributed by atoms with Crippen molar-refractivity contribution in [2.75, 3.05) is 20.6 Å². The summed E-state index contributed by atoms with van der Waals surface area (Å²) in [4.78, 5) is 31.1. The highest BCUT2D eigenvalue weighted by atomic mass is 16.3. The van der Waals surface area contributed by atoms with E-state index in [1.807, 2.05) is 79.1 Å². The van der Waals surface area contributed by atoms with Gasteiger partial charge in [0.2, 0.25) is 0 Å². The number of H-pyrrole nitrogens is 1. The number of carbonyl (C=O) groups excluding carboxylic acids is 2. The maximum atomic E-state index is 13.0. The zero-order valence-electron chi connectivity index (χ0n) is 18.8. The van der Waals surface area contributed by atoms with Crippen LogP contribution in [0.3, 0.4) is 0 Å². The summed E-state index contributed by atoms with van der Waals surface area (Å²) in [5.74, 6) is -0.811. The molecule has 1 unspecified atom stereocenters. The molecule has 1 aliphatic rings. The van der Waals surface area contributed by atoms with Crippen LogP contribution in [-0.4, -0.2) is 58.1 Å². The molecule has 7 heteroatoms. The Hall–Kier alpha value is -3.68. The number of fused-ring (bicyclic) bond motifs is 2. The minimum atomic E-state index is -0.579. The molecule has 1 atom stereocenters. The first kappa shape index (κ1) is 21.2. The fraction of sp³-hybridized carbons (Fsp3) is 0.231. The summed E-state index contributed by atoms with van der Waals surface area (Å²) in [6.45, 7) is 2.90. The van der Waals surface area contributed by atoms with Gasteiger partial charge in [-0.1, -0.05) is 30.3 Å². The molecular weight excluding hydrogens is 416 g/mol. The van der Waals surface area contributed by atoms with Gasteiger partial charge in [0.05, 0.1) is 17.3 Å². The Balaban J connectivity index is 1.73. The van der Waals surface area contributed by atoms with Crippen LogP contribution in [-0.2, 0) is 16.1 Å². The first-order valence-electron chi connectivity index (χ1n) is 10.9. The van der Waals surface area contributed by atoms with Crippen LogP contribution in [0.15, 0.2) is 54.9 Å². The van der Waals surface area contributed by atoms with Crippen molar-refractivity contribution in [3.8, 4) is 0 Å². The monoisotopic (exact) mass is 442 g/mol. The van der Waals surface area contributed by atoms with E-state index in [9.17, 15) is 14.7 Å². The molecule has 0 aliphatic carbocycles. The molecule has 0 bridgehead atoms. The third-order valence-electron chi connectivity index (χ3n) is 6.08. The van der Waals surface area contributed by atoms with Crippen LogP contribution < -0.4 is 5.32 Å². The highest BCUT2D eigenvalue weighted by molar-refractivity contribution is 6.50. The molecule has 0 saturated heterocycles. The van der Waals surface area contributed by atoms with Crippen molar-refractivity contribution < 1.29 is 14.7 Å². The van der Waals surface area contributed by atoms with E-state index >= 15 is 0 Å². The number of benzene rings is 2. The van der Waals surface area contributed by atoms with Gasteiger partial charge in [-0.25, -0.2) is 0 Å². The van der Waals surface area contributed by atoms with Gasteiger partial charge in [0.25, 0.3) is 11.8 Å². The predicted molar refractivity (Wildman–Crippen MR) is 129 cm³/mol. The molecule has 3 heterocycles. The Kier molecular flexibility index (Phi) is 5.15. The second-order valence-corrected chi connectivity index (χ2v) is 8.91. The molecule has 2 aromatic carbocycles. The number of hydrogen-bond donors (Lipinski definition) is 3. The lowest BCUT2D eigenvalue weighted by molar-refractivity contribution is -0.122. The van der Waals surface area contributed by atoms with Gasteiger partial charge in [-0.05, 0) is 38.7 Å². The van der Waals surface area contributed by atoms with Gasteiger partial charge in [0, 0.05) is 58.4 Å². The van der Waals surface area contributed by atoms with Gasteiger partial charge in [0.15, 0.2) is 0 Å². The van der Waals surface area contributed by atoms with Crippen molar-refractivity contribution in [2.24, 2.45) is 0 Å². The zero-order chi connectivity index (χ0) is 23.3. The first-order chi connectivity index (χ1) is 15.8. The number of rotatable bonds is 6. The molecule has 0 spiro atoms. The largest absolute Gasteiger partial charge is 0.390 e. The van der Waals surface area contributed by atoms with E-state index in [1.165, 1.54) is 0 Å². The van der Waals surface area contributed by atoms with Gasteiger partial charge in [-0.3, -0.25) is 14.9 Å². The molecule has 2 amide bonds. The molecule has 0 saturated carbocycles. The fourth-order valence-corrected chi connectivity index (χ4v) is 4.71. The Morgan fingerprint density at radius 1 is 1.00 bits per heavy atom. The van der Waals surface area contributed by atoms with Crippen molar-refractivity contribution in [1.29, 1.82) is 0 Å². The summed E-state index contributed by atoms with van der Waals surface area (Å²) in [7, 11) is 3.83. The van der Waals surface area contributed by atoms with E-state index in [-0.39, 0.29) is 0 Å². The molecule has 1 aliphatic heterocycles. The zero-order valence-corrected chi connectivity index (χ0v) is 18.8. The first-order valence-corrected chi connectivity index (χ1v) is 10.9. The van der Waals surface area contributed by atoms with Crippen LogP contribution in [0.25, 0.3) is 33.0 Å². The number of para-hydroxylation sites is 1. The number of hydrogen-bond acceptors (Lipinski definition) is 4. The van der Waals surface area contributed by atoms with Crippen LogP contribution in [0.2, 0.25) is 0 Å². The average molecular weight is 443 g/mol. The maximum absolute atomic E-state index is 13.0. The summed E-state index contributed by atoms with van der Waals surface area (Å²) < 4.78 is 1.97. The number of amides is 2. The fourth-order valence-electron chi connectivity index (χ4n) is 4.71. The standard InChI is InChI=1S/C26H26N4O3/c1-15-8-9-18-20(14-30(22(18)10-15)13-16(31)12-29(2)3)24-23(25(32)28-26(24)33)19-11-27-21-7-5-4-6-17(19)21/h4-11,14,16,27,31H,12-13H2,1-3H3,(H,28,32,33). The highest BCUT2D eigenvalue weighted by Crippen LogP contribution is 2.38. The number of likely N-dealkylation sites (N-methyl/N-ethyl adjacent to an activating group) is 1. The number of nitrogens with zero attached hydrogens (tertiary/aromatic N) is 2. The number of aromatic amines is 1. The smallest absolute Gasteiger partial charge is 0.259 e. The molecular formula is C26H26N4O3. The van der Waals surface area contributed by atoms with Crippen LogP contribution in [0.4, 0.5) is 0 Å². The van der Waals surface area contributed by atoms with E-state index in [0.29, 0.717) is 35.4 Å². The van der Waals surface area contributed by atoms with Crippen molar-refractivity contribution in [1.82, 2.24) is 19.8 Å². The van der Waals surface area contributed by atoms with Crippen molar-refractivity contribution in [2.45, 2.75) is 19.6 Å². The SMILES string of the molecule is Cc1ccc2c(C3=C(c4c[nH]c5ccccc45)C(=O)NC3=O)cn(CC(O)CN(C)C)c2c1. The minimum Gasteiger partial charge on any atom is -0.390 e. The molecule has 4 aromatic rings. The summed E-state index contributed by atoms with van der Waals surface area (Å²) in [6.07, 6.45) is 3.08. The van der Waals surface area contributed by atoms with Crippen LogP contribution in [0.5, 0.6) is 0 Å². The van der Waals surface area contributed by atoms with E-state index in [4.69, 9.17) is 0 Å².